The van der Waals surface area contributed by atoms with Gasteiger partial charge in [-0.05, 0) is 68.9 Å². The lowest BCUT2D eigenvalue weighted by Gasteiger charge is -2.14. The normalized spacial score (nSPS) is 10.3. The second-order valence-corrected chi connectivity index (χ2v) is 6.72. The minimum absolute atomic E-state index is 0.330. The number of halogens is 3. The van der Waals surface area contributed by atoms with E-state index in [1.807, 2.05) is 36.4 Å². The molecule has 0 saturated carbocycles. The second kappa shape index (κ2) is 6.39. The zero-order valence-corrected chi connectivity index (χ0v) is 14.9. The van der Waals surface area contributed by atoms with Crippen molar-refractivity contribution in [3.8, 4) is 0 Å². The molecular formula is C13H9BrClIN2S. The first-order valence-corrected chi connectivity index (χ1v) is 7.95. The van der Waals surface area contributed by atoms with E-state index in [4.69, 9.17) is 29.6 Å². The summed E-state index contributed by atoms with van der Waals surface area (Å²) >= 11 is 17.0. The molecule has 98 valence electrons. The lowest BCUT2D eigenvalue weighted by molar-refractivity contribution is 1.49. The molecule has 6 heteroatoms. The maximum Gasteiger partial charge on any atom is 0.107 e. The van der Waals surface area contributed by atoms with Gasteiger partial charge in [-0.15, -0.1) is 0 Å². The van der Waals surface area contributed by atoms with Crippen LogP contribution in [0.1, 0.15) is 5.56 Å². The predicted octanol–water partition coefficient (Wildman–Crippen LogP) is 5.08. The number of nitrogens with two attached hydrogens (primary N) is 1. The van der Waals surface area contributed by atoms with Crippen molar-refractivity contribution in [3.63, 3.8) is 0 Å². The molecule has 0 aliphatic carbocycles. The lowest BCUT2D eigenvalue weighted by Crippen LogP contribution is -2.12. The van der Waals surface area contributed by atoms with Gasteiger partial charge in [0.05, 0.1) is 10.7 Å². The van der Waals surface area contributed by atoms with E-state index in [0.717, 1.165) is 25.0 Å². The monoisotopic (exact) mass is 466 g/mol. The summed E-state index contributed by atoms with van der Waals surface area (Å²) in [4.78, 5) is 0.330. The van der Waals surface area contributed by atoms with Gasteiger partial charge in [-0.25, -0.2) is 0 Å². The van der Waals surface area contributed by atoms with E-state index in [0.29, 0.717) is 10.0 Å². The maximum atomic E-state index is 6.21. The van der Waals surface area contributed by atoms with E-state index in [1.165, 1.54) is 0 Å². The van der Waals surface area contributed by atoms with Gasteiger partial charge in [-0.2, -0.15) is 0 Å². The Hall–Kier alpha value is -0.370. The van der Waals surface area contributed by atoms with Crippen LogP contribution in [0.5, 0.6) is 0 Å². The molecule has 2 aromatic carbocycles. The second-order valence-electron chi connectivity index (χ2n) is 3.78. The van der Waals surface area contributed by atoms with E-state index in [9.17, 15) is 0 Å². The molecule has 2 rings (SSSR count). The molecule has 0 unspecified atom stereocenters. The molecule has 0 aliphatic rings. The van der Waals surface area contributed by atoms with Crippen molar-refractivity contribution in [3.05, 3.63) is 55.0 Å². The Morgan fingerprint density at radius 1 is 1.26 bits per heavy atom. The molecule has 0 spiro atoms. The number of thiocarbonyl (C=S) groups is 1. The van der Waals surface area contributed by atoms with Gasteiger partial charge >= 0.3 is 0 Å². The molecule has 2 aromatic rings. The number of hydrogen-bond acceptors (Lipinski definition) is 2. The summed E-state index contributed by atoms with van der Waals surface area (Å²) in [6.07, 6.45) is 0. The van der Waals surface area contributed by atoms with Crippen LogP contribution in [0.4, 0.5) is 11.4 Å². The zero-order chi connectivity index (χ0) is 14.0. The van der Waals surface area contributed by atoms with Crippen molar-refractivity contribution in [1.82, 2.24) is 0 Å². The van der Waals surface area contributed by atoms with Crippen LogP contribution in [-0.4, -0.2) is 4.99 Å². The molecule has 0 saturated heterocycles. The van der Waals surface area contributed by atoms with Crippen LogP contribution in [0.3, 0.4) is 0 Å². The van der Waals surface area contributed by atoms with Crippen LogP contribution >= 0.6 is 62.3 Å². The minimum Gasteiger partial charge on any atom is -0.389 e. The quantitative estimate of drug-likeness (QED) is 0.488. The Morgan fingerprint density at radius 2 is 2.00 bits per heavy atom. The Balaban J connectivity index is 2.44. The summed E-state index contributed by atoms with van der Waals surface area (Å²) in [5, 5.41) is 3.91. The molecule has 0 fully saturated rings. The topological polar surface area (TPSA) is 38.0 Å². The molecule has 0 amide bonds. The molecule has 0 bridgehead atoms. The molecule has 0 atom stereocenters. The van der Waals surface area contributed by atoms with Crippen molar-refractivity contribution in [2.24, 2.45) is 5.73 Å². The van der Waals surface area contributed by atoms with Crippen LogP contribution in [-0.2, 0) is 0 Å². The van der Waals surface area contributed by atoms with Crippen LogP contribution in [0.25, 0.3) is 0 Å². The van der Waals surface area contributed by atoms with Gasteiger partial charge in [-0.1, -0.05) is 29.9 Å². The Morgan fingerprint density at radius 3 is 2.63 bits per heavy atom. The third kappa shape index (κ3) is 3.59. The molecule has 2 nitrogen and oxygen atoms in total. The highest BCUT2D eigenvalue weighted by Crippen LogP contribution is 2.31. The van der Waals surface area contributed by atoms with Gasteiger partial charge < -0.3 is 11.1 Å². The van der Waals surface area contributed by atoms with Crippen LogP contribution in [0.15, 0.2) is 40.9 Å². The molecule has 0 heterocycles. The SMILES string of the molecule is NC(=S)c1c(Br)cccc1Nc1ccc(I)cc1Cl. The summed E-state index contributed by atoms with van der Waals surface area (Å²) < 4.78 is 1.93. The van der Waals surface area contributed by atoms with Gasteiger partial charge in [0.15, 0.2) is 0 Å². The van der Waals surface area contributed by atoms with Gasteiger partial charge in [-0.3, -0.25) is 0 Å². The first-order valence-electron chi connectivity index (χ1n) is 5.29. The average Bonchev–Trinajstić information content (AvgIpc) is 2.32. The van der Waals surface area contributed by atoms with Crippen molar-refractivity contribution < 1.29 is 0 Å². The summed E-state index contributed by atoms with van der Waals surface area (Å²) in [6, 6.07) is 11.5. The van der Waals surface area contributed by atoms with Crippen LogP contribution in [0, 0.1) is 3.57 Å². The van der Waals surface area contributed by atoms with Crippen molar-refractivity contribution in [2.45, 2.75) is 0 Å². The molecule has 19 heavy (non-hydrogen) atoms. The third-order valence-electron chi connectivity index (χ3n) is 2.46. The van der Waals surface area contributed by atoms with E-state index in [2.05, 4.69) is 43.8 Å². The lowest BCUT2D eigenvalue weighted by atomic mass is 10.1. The number of anilines is 2. The van der Waals surface area contributed by atoms with Crippen molar-refractivity contribution in [1.29, 1.82) is 0 Å². The van der Waals surface area contributed by atoms with Crippen molar-refractivity contribution >= 4 is 78.7 Å². The van der Waals surface area contributed by atoms with Crippen molar-refractivity contribution in [2.75, 3.05) is 5.32 Å². The Kier molecular flexibility index (Phi) is 5.05. The first kappa shape index (κ1) is 15.0. The fourth-order valence-corrected chi connectivity index (χ4v) is 3.45. The van der Waals surface area contributed by atoms with E-state index in [-0.39, 0.29) is 0 Å². The fourth-order valence-electron chi connectivity index (χ4n) is 1.61. The summed E-state index contributed by atoms with van der Waals surface area (Å²) in [5.41, 5.74) is 8.17. The van der Waals surface area contributed by atoms with Crippen LogP contribution in [0.2, 0.25) is 5.02 Å². The van der Waals surface area contributed by atoms with Gasteiger partial charge in [0.2, 0.25) is 0 Å². The van der Waals surface area contributed by atoms with E-state index >= 15 is 0 Å². The summed E-state index contributed by atoms with van der Waals surface area (Å²) in [6.45, 7) is 0. The van der Waals surface area contributed by atoms with Gasteiger partial charge in [0.1, 0.15) is 4.99 Å². The molecule has 0 aromatic heterocycles. The molecular weight excluding hydrogens is 458 g/mol. The Bertz CT molecular complexity index is 649. The summed E-state index contributed by atoms with van der Waals surface area (Å²) in [5.74, 6) is 0. The largest absolute Gasteiger partial charge is 0.389 e. The fraction of sp³-hybridized carbons (Fsp3) is 0. The smallest absolute Gasteiger partial charge is 0.107 e. The standard InChI is InChI=1S/C13H9BrClIN2S/c14-8-2-1-3-11(12(8)13(17)19)18-10-5-4-7(16)6-9(10)15/h1-6,18H,(H2,17,19). The number of benzene rings is 2. The maximum absolute atomic E-state index is 6.21. The van der Waals surface area contributed by atoms with Crippen LogP contribution < -0.4 is 11.1 Å². The van der Waals surface area contributed by atoms with E-state index in [1.54, 1.807) is 0 Å². The first-order chi connectivity index (χ1) is 8.99. The number of rotatable bonds is 3. The highest BCUT2D eigenvalue weighted by atomic mass is 127. The molecule has 0 aliphatic heterocycles. The minimum atomic E-state index is 0.330. The highest BCUT2D eigenvalue weighted by Gasteiger charge is 2.10. The average molecular weight is 468 g/mol. The highest BCUT2D eigenvalue weighted by molar-refractivity contribution is 14.1. The zero-order valence-electron chi connectivity index (χ0n) is 9.58. The van der Waals surface area contributed by atoms with Gasteiger partial charge in [0, 0.05) is 19.3 Å². The molecule has 0 radical (unpaired) electrons. The number of nitrogens with one attached hydrogen (secondary N) is 1. The summed E-state index contributed by atoms with van der Waals surface area (Å²) in [7, 11) is 0. The predicted molar refractivity (Wildman–Crippen MR) is 97.5 cm³/mol. The Labute approximate surface area is 144 Å². The molecule has 3 N–H and O–H groups in total. The van der Waals surface area contributed by atoms with E-state index < -0.39 is 0 Å². The number of hydrogen-bond donors (Lipinski definition) is 2. The third-order valence-corrected chi connectivity index (χ3v) is 4.31. The van der Waals surface area contributed by atoms with Gasteiger partial charge in [0.25, 0.3) is 0 Å².